The van der Waals surface area contributed by atoms with Crippen LogP contribution in [0.5, 0.6) is 11.5 Å². The van der Waals surface area contributed by atoms with E-state index in [9.17, 15) is 0 Å². The Labute approximate surface area is 138 Å². The average Bonchev–Trinajstić information content (AvgIpc) is 3.21. The van der Waals surface area contributed by atoms with E-state index in [-0.39, 0.29) is 0 Å². The number of ether oxygens (including phenoxy) is 2. The minimum atomic E-state index is 0.560. The number of hydrogen-bond acceptors (Lipinski definition) is 6. The Morgan fingerprint density at radius 2 is 1.91 bits per heavy atom. The summed E-state index contributed by atoms with van der Waals surface area (Å²) in [6, 6.07) is 9.81. The Morgan fingerprint density at radius 1 is 1.09 bits per heavy atom. The highest BCUT2D eigenvalue weighted by Crippen LogP contribution is 2.29. The van der Waals surface area contributed by atoms with Crippen LogP contribution in [0.15, 0.2) is 40.2 Å². The predicted octanol–water partition coefficient (Wildman–Crippen LogP) is 4.19. The highest BCUT2D eigenvalue weighted by Gasteiger charge is 2.12. The third kappa shape index (κ3) is 3.71. The number of thiophene rings is 1. The summed E-state index contributed by atoms with van der Waals surface area (Å²) in [6.07, 6.45) is 0.560. The zero-order valence-electron chi connectivity index (χ0n) is 13.1. The Kier molecular flexibility index (Phi) is 4.92. The van der Waals surface area contributed by atoms with Gasteiger partial charge in [0.25, 0.3) is 0 Å². The summed E-state index contributed by atoms with van der Waals surface area (Å²) in [4.78, 5) is 5.44. The fourth-order valence-electron chi connectivity index (χ4n) is 2.21. The molecule has 0 radical (unpaired) electrons. The first-order valence-electron chi connectivity index (χ1n) is 7.55. The van der Waals surface area contributed by atoms with E-state index in [2.05, 4.69) is 10.1 Å². The number of hydrogen-bond donors (Lipinski definition) is 0. The van der Waals surface area contributed by atoms with Crippen molar-refractivity contribution >= 4 is 11.3 Å². The van der Waals surface area contributed by atoms with Crippen LogP contribution in [0.2, 0.25) is 0 Å². The predicted molar refractivity (Wildman–Crippen MR) is 89.2 cm³/mol. The lowest BCUT2D eigenvalue weighted by Crippen LogP contribution is -1.99. The van der Waals surface area contributed by atoms with E-state index in [0.29, 0.717) is 31.3 Å². The molecule has 2 aromatic heterocycles. The molecule has 0 aliphatic rings. The first kappa shape index (κ1) is 15.6. The first-order valence-corrected chi connectivity index (χ1v) is 8.43. The number of nitrogens with zero attached hydrogens (tertiary/aromatic N) is 2. The van der Waals surface area contributed by atoms with Gasteiger partial charge in [-0.05, 0) is 43.0 Å². The van der Waals surface area contributed by atoms with Crippen molar-refractivity contribution in [3.8, 4) is 22.2 Å². The van der Waals surface area contributed by atoms with E-state index in [1.54, 1.807) is 11.3 Å². The van der Waals surface area contributed by atoms with Crippen molar-refractivity contribution in [2.75, 3.05) is 13.2 Å². The molecule has 0 fully saturated rings. The fraction of sp³-hybridized carbons (Fsp3) is 0.294. The summed E-state index contributed by atoms with van der Waals surface area (Å²) < 4.78 is 16.6. The first-order chi connectivity index (χ1) is 11.3. The van der Waals surface area contributed by atoms with Crippen LogP contribution in [-0.2, 0) is 6.42 Å². The van der Waals surface area contributed by atoms with Crippen LogP contribution < -0.4 is 9.47 Å². The summed E-state index contributed by atoms with van der Waals surface area (Å²) in [5.41, 5.74) is 1.04. The molecule has 2 heterocycles. The highest BCUT2D eigenvalue weighted by molar-refractivity contribution is 7.13. The van der Waals surface area contributed by atoms with Crippen molar-refractivity contribution < 1.29 is 14.0 Å². The zero-order chi connectivity index (χ0) is 16.1. The van der Waals surface area contributed by atoms with Crippen molar-refractivity contribution in [3.63, 3.8) is 0 Å². The van der Waals surface area contributed by atoms with Crippen LogP contribution >= 0.6 is 11.3 Å². The third-order valence-corrected chi connectivity index (χ3v) is 4.04. The largest absolute Gasteiger partial charge is 0.490 e. The second kappa shape index (κ2) is 7.28. The summed E-state index contributed by atoms with van der Waals surface area (Å²) in [5, 5.41) is 6.02. The molecule has 3 aromatic rings. The van der Waals surface area contributed by atoms with Gasteiger partial charge in [0, 0.05) is 0 Å². The molecule has 120 valence electrons. The Morgan fingerprint density at radius 3 is 2.65 bits per heavy atom. The van der Waals surface area contributed by atoms with E-state index >= 15 is 0 Å². The number of benzene rings is 1. The SMILES string of the molecule is CCOc1ccc(Cc2nc(-c3cccs3)no2)cc1OCC. The molecule has 0 bridgehead atoms. The van der Waals surface area contributed by atoms with E-state index in [4.69, 9.17) is 14.0 Å². The maximum Gasteiger partial charge on any atom is 0.231 e. The summed E-state index contributed by atoms with van der Waals surface area (Å²) >= 11 is 1.59. The molecular formula is C17H18N2O3S. The van der Waals surface area contributed by atoms with Crippen molar-refractivity contribution in [2.45, 2.75) is 20.3 Å². The third-order valence-electron chi connectivity index (χ3n) is 3.17. The van der Waals surface area contributed by atoms with Crippen LogP contribution in [0, 0.1) is 0 Å². The molecule has 5 nitrogen and oxygen atoms in total. The molecule has 0 atom stereocenters. The minimum Gasteiger partial charge on any atom is -0.490 e. The topological polar surface area (TPSA) is 57.4 Å². The van der Waals surface area contributed by atoms with Gasteiger partial charge in [-0.15, -0.1) is 11.3 Å². The average molecular weight is 330 g/mol. The number of rotatable bonds is 7. The minimum absolute atomic E-state index is 0.560. The normalized spacial score (nSPS) is 10.7. The highest BCUT2D eigenvalue weighted by atomic mass is 32.1. The van der Waals surface area contributed by atoms with Crippen LogP contribution in [0.25, 0.3) is 10.7 Å². The second-order valence-electron chi connectivity index (χ2n) is 4.81. The summed E-state index contributed by atoms with van der Waals surface area (Å²) in [6.45, 7) is 5.10. The fourth-order valence-corrected chi connectivity index (χ4v) is 2.86. The van der Waals surface area contributed by atoms with Gasteiger partial charge in [0.1, 0.15) is 0 Å². The van der Waals surface area contributed by atoms with Crippen LogP contribution in [0.3, 0.4) is 0 Å². The quantitative estimate of drug-likeness (QED) is 0.650. The Bertz CT molecular complexity index is 753. The van der Waals surface area contributed by atoms with Crippen molar-refractivity contribution in [1.82, 2.24) is 10.1 Å². The Balaban J connectivity index is 1.78. The number of aromatic nitrogens is 2. The van der Waals surface area contributed by atoms with E-state index < -0.39 is 0 Å². The molecular weight excluding hydrogens is 312 g/mol. The van der Waals surface area contributed by atoms with Crippen LogP contribution in [0.1, 0.15) is 25.3 Å². The zero-order valence-corrected chi connectivity index (χ0v) is 13.9. The van der Waals surface area contributed by atoms with Gasteiger partial charge in [0.05, 0.1) is 24.5 Å². The van der Waals surface area contributed by atoms with Gasteiger partial charge in [-0.2, -0.15) is 4.98 Å². The molecule has 0 amide bonds. The van der Waals surface area contributed by atoms with Crippen molar-refractivity contribution in [1.29, 1.82) is 0 Å². The molecule has 23 heavy (non-hydrogen) atoms. The van der Waals surface area contributed by atoms with E-state index in [1.165, 1.54) is 0 Å². The van der Waals surface area contributed by atoms with Crippen molar-refractivity contribution in [2.24, 2.45) is 0 Å². The monoisotopic (exact) mass is 330 g/mol. The molecule has 0 saturated carbocycles. The maximum atomic E-state index is 5.64. The Hall–Kier alpha value is -2.34. The van der Waals surface area contributed by atoms with E-state index in [1.807, 2.05) is 49.6 Å². The lowest BCUT2D eigenvalue weighted by Gasteiger charge is -2.11. The molecule has 1 aromatic carbocycles. The lowest BCUT2D eigenvalue weighted by molar-refractivity contribution is 0.287. The second-order valence-corrected chi connectivity index (χ2v) is 5.76. The van der Waals surface area contributed by atoms with Gasteiger partial charge in [-0.3, -0.25) is 0 Å². The lowest BCUT2D eigenvalue weighted by atomic mass is 10.1. The standard InChI is InChI=1S/C17H18N2O3S/c1-3-20-13-8-7-12(10-14(13)21-4-2)11-16-18-17(19-22-16)15-6-5-9-23-15/h5-10H,3-4,11H2,1-2H3. The molecule has 0 N–H and O–H groups in total. The molecule has 3 rings (SSSR count). The van der Waals surface area contributed by atoms with Gasteiger partial charge in [0.2, 0.25) is 11.7 Å². The van der Waals surface area contributed by atoms with Crippen LogP contribution in [0.4, 0.5) is 0 Å². The van der Waals surface area contributed by atoms with Gasteiger partial charge < -0.3 is 14.0 Å². The van der Waals surface area contributed by atoms with E-state index in [0.717, 1.165) is 21.9 Å². The molecule has 0 spiro atoms. The van der Waals surface area contributed by atoms with Gasteiger partial charge in [-0.1, -0.05) is 17.3 Å². The molecule has 0 unspecified atom stereocenters. The molecule has 0 aliphatic carbocycles. The maximum absolute atomic E-state index is 5.64. The van der Waals surface area contributed by atoms with Crippen LogP contribution in [-0.4, -0.2) is 23.4 Å². The van der Waals surface area contributed by atoms with Crippen molar-refractivity contribution in [3.05, 3.63) is 47.2 Å². The smallest absolute Gasteiger partial charge is 0.231 e. The molecule has 6 heteroatoms. The summed E-state index contributed by atoms with van der Waals surface area (Å²) in [7, 11) is 0. The van der Waals surface area contributed by atoms with Gasteiger partial charge in [-0.25, -0.2) is 0 Å². The summed E-state index contributed by atoms with van der Waals surface area (Å²) in [5.74, 6) is 2.71. The molecule has 0 aliphatic heterocycles. The van der Waals surface area contributed by atoms with Gasteiger partial charge in [0.15, 0.2) is 11.5 Å². The van der Waals surface area contributed by atoms with Gasteiger partial charge >= 0.3 is 0 Å². The molecule has 0 saturated heterocycles.